The van der Waals surface area contributed by atoms with Crippen LogP contribution < -0.4 is 4.74 Å². The van der Waals surface area contributed by atoms with E-state index in [0.29, 0.717) is 39.1 Å². The molecule has 0 bridgehead atoms. The molecule has 2 aliphatic rings. The maximum atomic E-state index is 13.1. The monoisotopic (exact) mass is 399 g/mol. The second kappa shape index (κ2) is 7.59. The quantitative estimate of drug-likeness (QED) is 0.755. The SMILES string of the molecule is CCOc1oc(C)nc1C(=O)N=S1(=O)CCC2(CC1)CN(C(C)=O)CCO2. The van der Waals surface area contributed by atoms with Crippen molar-refractivity contribution in [2.75, 3.05) is 37.8 Å². The Kier molecular flexibility index (Phi) is 5.57. The van der Waals surface area contributed by atoms with Gasteiger partial charge in [0.15, 0.2) is 5.89 Å². The summed E-state index contributed by atoms with van der Waals surface area (Å²) in [7, 11) is -2.72. The highest BCUT2D eigenvalue weighted by atomic mass is 32.2. The summed E-state index contributed by atoms with van der Waals surface area (Å²) >= 11 is 0. The van der Waals surface area contributed by atoms with Crippen LogP contribution in [0.25, 0.3) is 0 Å². The van der Waals surface area contributed by atoms with Gasteiger partial charge in [-0.1, -0.05) is 0 Å². The third kappa shape index (κ3) is 4.32. The molecular formula is C17H25N3O6S. The molecule has 0 aliphatic carbocycles. The van der Waals surface area contributed by atoms with Crippen molar-refractivity contribution >= 4 is 21.5 Å². The van der Waals surface area contributed by atoms with Crippen molar-refractivity contribution in [2.45, 2.75) is 39.2 Å². The Balaban J connectivity index is 1.74. The van der Waals surface area contributed by atoms with Crippen LogP contribution in [0.15, 0.2) is 8.78 Å². The zero-order valence-corrected chi connectivity index (χ0v) is 16.7. The molecule has 0 N–H and O–H groups in total. The molecule has 0 atom stereocenters. The smallest absolute Gasteiger partial charge is 0.318 e. The van der Waals surface area contributed by atoms with Gasteiger partial charge in [0, 0.05) is 38.4 Å². The summed E-state index contributed by atoms with van der Waals surface area (Å²) in [5.74, 6) is 0.0948. The zero-order valence-electron chi connectivity index (χ0n) is 15.9. The minimum atomic E-state index is -2.72. The lowest BCUT2D eigenvalue weighted by Gasteiger charge is -2.45. The molecule has 2 saturated heterocycles. The van der Waals surface area contributed by atoms with Gasteiger partial charge >= 0.3 is 11.9 Å². The first-order chi connectivity index (χ1) is 12.8. The lowest BCUT2D eigenvalue weighted by Crippen LogP contribution is -2.56. The van der Waals surface area contributed by atoms with Crippen molar-refractivity contribution < 1.29 is 27.7 Å². The van der Waals surface area contributed by atoms with E-state index >= 15 is 0 Å². The van der Waals surface area contributed by atoms with Gasteiger partial charge in [0.05, 0.1) is 28.5 Å². The fourth-order valence-electron chi connectivity index (χ4n) is 3.39. The minimum Gasteiger partial charge on any atom is -0.464 e. The molecule has 3 rings (SSSR count). The van der Waals surface area contributed by atoms with Crippen molar-refractivity contribution in [2.24, 2.45) is 4.36 Å². The minimum absolute atomic E-state index is 0.00624. The molecule has 0 radical (unpaired) electrons. The Morgan fingerprint density at radius 2 is 2.07 bits per heavy atom. The highest BCUT2D eigenvalue weighted by Crippen LogP contribution is 2.32. The standard InChI is InChI=1S/C17H25N3O6S/c1-4-24-16-14(18-12(2)26-16)15(22)19-27(23)9-5-17(6-10-27)11-20(13(3)21)7-8-25-17/h4-11H2,1-3H3. The van der Waals surface area contributed by atoms with Gasteiger partial charge in [0.1, 0.15) is 0 Å². The van der Waals surface area contributed by atoms with E-state index in [4.69, 9.17) is 13.9 Å². The maximum absolute atomic E-state index is 13.1. The number of aromatic nitrogens is 1. The number of hydrogen-bond donors (Lipinski definition) is 0. The summed E-state index contributed by atoms with van der Waals surface area (Å²) in [6.07, 6.45) is 0.977. The number of hydrogen-bond acceptors (Lipinski definition) is 7. The molecule has 10 heteroatoms. The van der Waals surface area contributed by atoms with E-state index in [9.17, 15) is 13.8 Å². The molecule has 3 heterocycles. The normalized spacial score (nSPS) is 28.2. The lowest BCUT2D eigenvalue weighted by atomic mass is 9.94. The average molecular weight is 399 g/mol. The zero-order chi connectivity index (χ0) is 19.7. The number of oxazole rings is 1. The summed E-state index contributed by atoms with van der Waals surface area (Å²) in [4.78, 5) is 29.9. The van der Waals surface area contributed by atoms with Crippen LogP contribution in [0.1, 0.15) is 43.1 Å². The third-order valence-electron chi connectivity index (χ3n) is 4.88. The van der Waals surface area contributed by atoms with Gasteiger partial charge < -0.3 is 18.8 Å². The van der Waals surface area contributed by atoms with Crippen LogP contribution in [-0.4, -0.2) is 69.3 Å². The largest absolute Gasteiger partial charge is 0.464 e. The van der Waals surface area contributed by atoms with E-state index < -0.39 is 21.2 Å². The molecule has 9 nitrogen and oxygen atoms in total. The topological polar surface area (TPSA) is 111 Å². The second-order valence-electron chi connectivity index (χ2n) is 6.85. The van der Waals surface area contributed by atoms with Crippen LogP contribution in [0, 0.1) is 6.92 Å². The first-order valence-electron chi connectivity index (χ1n) is 9.02. The summed E-state index contributed by atoms with van der Waals surface area (Å²) in [6.45, 7) is 6.74. The van der Waals surface area contributed by atoms with Crippen molar-refractivity contribution in [3.63, 3.8) is 0 Å². The molecule has 150 valence electrons. The molecule has 0 saturated carbocycles. The van der Waals surface area contributed by atoms with Gasteiger partial charge in [-0.05, 0) is 19.8 Å². The Labute approximate surface area is 158 Å². The number of rotatable bonds is 3. The third-order valence-corrected chi connectivity index (χ3v) is 7.06. The lowest BCUT2D eigenvalue weighted by molar-refractivity contribution is -0.150. The van der Waals surface area contributed by atoms with E-state index in [1.807, 2.05) is 0 Å². The fraction of sp³-hybridized carbons (Fsp3) is 0.706. The van der Waals surface area contributed by atoms with Crippen LogP contribution in [-0.2, 0) is 19.3 Å². The van der Waals surface area contributed by atoms with E-state index in [1.165, 1.54) is 6.92 Å². The molecule has 2 aliphatic heterocycles. The molecule has 1 aromatic heterocycles. The molecule has 0 unspecified atom stereocenters. The molecule has 27 heavy (non-hydrogen) atoms. The first-order valence-corrected chi connectivity index (χ1v) is 10.9. The maximum Gasteiger partial charge on any atom is 0.318 e. The Morgan fingerprint density at radius 3 is 2.70 bits per heavy atom. The molecule has 2 amide bonds. The van der Waals surface area contributed by atoms with Crippen LogP contribution in [0.4, 0.5) is 0 Å². The van der Waals surface area contributed by atoms with E-state index in [0.717, 1.165) is 0 Å². The number of morpholine rings is 1. The summed E-state index contributed by atoms with van der Waals surface area (Å²) in [6, 6.07) is 0. The van der Waals surface area contributed by atoms with Crippen molar-refractivity contribution in [3.8, 4) is 5.95 Å². The number of amides is 2. The Bertz CT molecular complexity index is 841. The number of nitrogens with zero attached hydrogens (tertiary/aromatic N) is 3. The van der Waals surface area contributed by atoms with Crippen molar-refractivity contribution in [1.82, 2.24) is 9.88 Å². The summed E-state index contributed by atoms with van der Waals surface area (Å²) < 4.78 is 33.5. The second-order valence-corrected chi connectivity index (χ2v) is 9.40. The van der Waals surface area contributed by atoms with Gasteiger partial charge in [0.25, 0.3) is 0 Å². The summed E-state index contributed by atoms with van der Waals surface area (Å²) in [5, 5.41) is 0. The Morgan fingerprint density at radius 1 is 1.37 bits per heavy atom. The number of carbonyl (C=O) groups excluding carboxylic acids is 2. The van der Waals surface area contributed by atoms with Gasteiger partial charge in [-0.2, -0.15) is 4.36 Å². The molecular weight excluding hydrogens is 374 g/mol. The van der Waals surface area contributed by atoms with Crippen LogP contribution in [0.3, 0.4) is 0 Å². The molecule has 0 aromatic carbocycles. The average Bonchev–Trinajstić information content (AvgIpc) is 2.99. The molecule has 2 fully saturated rings. The summed E-state index contributed by atoms with van der Waals surface area (Å²) in [5.41, 5.74) is -0.543. The number of ether oxygens (including phenoxy) is 2. The van der Waals surface area contributed by atoms with Gasteiger partial charge in [0.2, 0.25) is 11.6 Å². The van der Waals surface area contributed by atoms with Crippen molar-refractivity contribution in [3.05, 3.63) is 11.6 Å². The number of aryl methyl sites for hydroxylation is 1. The van der Waals surface area contributed by atoms with Crippen molar-refractivity contribution in [1.29, 1.82) is 0 Å². The molecule has 1 aromatic rings. The first kappa shape index (κ1) is 19.8. The molecule has 1 spiro atoms. The fourth-order valence-corrected chi connectivity index (χ4v) is 5.55. The van der Waals surface area contributed by atoms with Gasteiger partial charge in [-0.15, -0.1) is 0 Å². The Hall–Kier alpha value is -1.94. The van der Waals surface area contributed by atoms with Gasteiger partial charge in [-0.3, -0.25) is 9.59 Å². The van der Waals surface area contributed by atoms with E-state index in [2.05, 4.69) is 9.35 Å². The van der Waals surface area contributed by atoms with E-state index in [-0.39, 0.29) is 34.9 Å². The highest BCUT2D eigenvalue weighted by Gasteiger charge is 2.42. The predicted octanol–water partition coefficient (Wildman–Crippen LogP) is 1.40. The van der Waals surface area contributed by atoms with Crippen LogP contribution in [0.2, 0.25) is 0 Å². The van der Waals surface area contributed by atoms with Crippen LogP contribution in [0.5, 0.6) is 5.95 Å². The predicted molar refractivity (Wildman–Crippen MR) is 97.2 cm³/mol. The van der Waals surface area contributed by atoms with Crippen LogP contribution >= 0.6 is 0 Å². The highest BCUT2D eigenvalue weighted by molar-refractivity contribution is 7.93. The van der Waals surface area contributed by atoms with Gasteiger partial charge in [-0.25, -0.2) is 9.19 Å². The number of carbonyl (C=O) groups is 2. The van der Waals surface area contributed by atoms with E-state index in [1.54, 1.807) is 18.7 Å².